The summed E-state index contributed by atoms with van der Waals surface area (Å²) in [6.45, 7) is 5.93. The first-order valence-electron chi connectivity index (χ1n) is 9.92. The number of hydrogen-bond acceptors (Lipinski definition) is 5. The number of carbonyl (C=O) groups excluding carboxylic acids is 2. The third kappa shape index (κ3) is 5.35. The van der Waals surface area contributed by atoms with Crippen LogP contribution in [-0.2, 0) is 4.79 Å². The fourth-order valence-corrected chi connectivity index (χ4v) is 3.24. The lowest BCUT2D eigenvalue weighted by molar-refractivity contribution is -0.119. The van der Waals surface area contributed by atoms with Crippen molar-refractivity contribution in [2.24, 2.45) is 5.92 Å². The van der Waals surface area contributed by atoms with Gasteiger partial charge in [-0.25, -0.2) is 0 Å². The van der Waals surface area contributed by atoms with Gasteiger partial charge in [0, 0.05) is 23.5 Å². The zero-order chi connectivity index (χ0) is 21.0. The van der Waals surface area contributed by atoms with Gasteiger partial charge in [-0.15, -0.1) is 0 Å². The van der Waals surface area contributed by atoms with Crippen molar-refractivity contribution in [3.8, 4) is 5.75 Å². The molecule has 3 rings (SSSR count). The molecule has 1 saturated heterocycles. The van der Waals surface area contributed by atoms with Crippen LogP contribution in [0.25, 0.3) is 0 Å². The standard InChI is InChI=1S/C23H29N3O3/c1-16(2)15-29-20-11-5-17(6-12-20)23(28)24-18-7-9-19(10-8-18)26-13-21(25(3)4)22(27)14-26/h5-12,16,21H,13-15H2,1-4H3,(H,24,28). The van der Waals surface area contributed by atoms with Gasteiger partial charge in [0.25, 0.3) is 5.91 Å². The quantitative estimate of drug-likeness (QED) is 0.779. The Kier molecular flexibility index (Phi) is 6.54. The van der Waals surface area contributed by atoms with Gasteiger partial charge in [0.1, 0.15) is 5.75 Å². The van der Waals surface area contributed by atoms with E-state index in [1.807, 2.05) is 55.4 Å². The molecule has 154 valence electrons. The molecule has 1 heterocycles. The summed E-state index contributed by atoms with van der Waals surface area (Å²) in [4.78, 5) is 28.6. The van der Waals surface area contributed by atoms with E-state index in [1.165, 1.54) is 0 Å². The molecule has 1 fully saturated rings. The topological polar surface area (TPSA) is 61.9 Å². The van der Waals surface area contributed by atoms with Crippen molar-refractivity contribution in [3.63, 3.8) is 0 Å². The summed E-state index contributed by atoms with van der Waals surface area (Å²) in [6.07, 6.45) is 0. The van der Waals surface area contributed by atoms with E-state index in [2.05, 4.69) is 24.1 Å². The van der Waals surface area contributed by atoms with E-state index >= 15 is 0 Å². The van der Waals surface area contributed by atoms with Crippen LogP contribution in [0.1, 0.15) is 24.2 Å². The molecule has 2 aromatic rings. The van der Waals surface area contributed by atoms with E-state index in [-0.39, 0.29) is 17.7 Å². The van der Waals surface area contributed by atoms with Crippen molar-refractivity contribution in [3.05, 3.63) is 54.1 Å². The Morgan fingerprint density at radius 2 is 1.79 bits per heavy atom. The molecule has 1 amide bonds. The number of amides is 1. The Labute approximate surface area is 172 Å². The molecule has 2 aromatic carbocycles. The van der Waals surface area contributed by atoms with Crippen LogP contribution in [0.3, 0.4) is 0 Å². The van der Waals surface area contributed by atoms with Crippen LogP contribution in [0.4, 0.5) is 11.4 Å². The SMILES string of the molecule is CC(C)COc1ccc(C(=O)Nc2ccc(N3CC(=O)C(N(C)C)C3)cc2)cc1. The Bertz CT molecular complexity index is 845. The van der Waals surface area contributed by atoms with E-state index in [4.69, 9.17) is 4.74 Å². The predicted molar refractivity (Wildman–Crippen MR) is 116 cm³/mol. The molecule has 0 radical (unpaired) electrons. The highest BCUT2D eigenvalue weighted by atomic mass is 16.5. The highest BCUT2D eigenvalue weighted by Crippen LogP contribution is 2.23. The number of benzene rings is 2. The van der Waals surface area contributed by atoms with E-state index in [9.17, 15) is 9.59 Å². The summed E-state index contributed by atoms with van der Waals surface area (Å²) >= 11 is 0. The Balaban J connectivity index is 1.58. The third-order valence-corrected chi connectivity index (χ3v) is 4.93. The summed E-state index contributed by atoms with van der Waals surface area (Å²) in [5, 5.41) is 2.91. The minimum Gasteiger partial charge on any atom is -0.493 e. The lowest BCUT2D eigenvalue weighted by Crippen LogP contribution is -2.35. The van der Waals surface area contributed by atoms with Gasteiger partial charge in [-0.05, 0) is 68.5 Å². The first kappa shape index (κ1) is 20.9. The van der Waals surface area contributed by atoms with E-state index < -0.39 is 0 Å². The lowest BCUT2D eigenvalue weighted by Gasteiger charge is -2.20. The average molecular weight is 396 g/mol. The number of carbonyl (C=O) groups is 2. The molecule has 1 unspecified atom stereocenters. The minimum absolute atomic E-state index is 0.0677. The summed E-state index contributed by atoms with van der Waals surface area (Å²) in [7, 11) is 3.85. The first-order chi connectivity index (χ1) is 13.8. The van der Waals surface area contributed by atoms with Crippen LogP contribution in [0.5, 0.6) is 5.75 Å². The van der Waals surface area contributed by atoms with E-state index in [0.29, 0.717) is 36.9 Å². The molecule has 0 aliphatic carbocycles. The van der Waals surface area contributed by atoms with Gasteiger partial charge < -0.3 is 15.0 Å². The van der Waals surface area contributed by atoms with Crippen LogP contribution in [0.15, 0.2) is 48.5 Å². The van der Waals surface area contributed by atoms with Gasteiger partial charge in [0.2, 0.25) is 0 Å². The molecule has 0 aromatic heterocycles. The molecule has 1 atom stereocenters. The number of nitrogens with zero attached hydrogens (tertiary/aromatic N) is 2. The minimum atomic E-state index is -0.169. The molecule has 6 heteroatoms. The number of hydrogen-bond donors (Lipinski definition) is 1. The maximum Gasteiger partial charge on any atom is 0.255 e. The average Bonchev–Trinajstić information content (AvgIpc) is 3.09. The monoisotopic (exact) mass is 395 g/mol. The molecular weight excluding hydrogens is 366 g/mol. The fraction of sp³-hybridized carbons (Fsp3) is 0.391. The van der Waals surface area contributed by atoms with Crippen molar-refractivity contribution in [2.45, 2.75) is 19.9 Å². The molecule has 1 aliphatic heterocycles. The fourth-order valence-electron chi connectivity index (χ4n) is 3.24. The second-order valence-corrected chi connectivity index (χ2v) is 8.06. The van der Waals surface area contributed by atoms with Crippen LogP contribution >= 0.6 is 0 Å². The molecule has 1 N–H and O–H groups in total. The zero-order valence-corrected chi connectivity index (χ0v) is 17.5. The zero-order valence-electron chi connectivity index (χ0n) is 17.5. The molecule has 6 nitrogen and oxygen atoms in total. The number of Topliss-reactive ketones (excluding diaryl/α,β-unsaturated/α-hetero) is 1. The number of likely N-dealkylation sites (N-methyl/N-ethyl adjacent to an activating group) is 1. The summed E-state index contributed by atoms with van der Waals surface area (Å²) in [5.41, 5.74) is 2.27. The number of ketones is 1. The Morgan fingerprint density at radius 3 is 2.34 bits per heavy atom. The summed E-state index contributed by atoms with van der Waals surface area (Å²) in [6, 6.07) is 14.7. The van der Waals surface area contributed by atoms with Crippen molar-refractivity contribution >= 4 is 23.1 Å². The van der Waals surface area contributed by atoms with Crippen molar-refractivity contribution < 1.29 is 14.3 Å². The normalized spacial score (nSPS) is 16.6. The van der Waals surface area contributed by atoms with Gasteiger partial charge in [0.05, 0.1) is 19.2 Å². The second-order valence-electron chi connectivity index (χ2n) is 8.06. The van der Waals surface area contributed by atoms with Crippen LogP contribution in [0.2, 0.25) is 0 Å². The number of rotatable bonds is 7. The maximum atomic E-state index is 12.5. The largest absolute Gasteiger partial charge is 0.493 e. The van der Waals surface area contributed by atoms with Crippen molar-refractivity contribution in [1.82, 2.24) is 4.90 Å². The highest BCUT2D eigenvalue weighted by Gasteiger charge is 2.32. The third-order valence-electron chi connectivity index (χ3n) is 4.93. The molecule has 0 saturated carbocycles. The number of ether oxygens (including phenoxy) is 1. The van der Waals surface area contributed by atoms with Crippen LogP contribution < -0.4 is 15.0 Å². The van der Waals surface area contributed by atoms with Gasteiger partial charge >= 0.3 is 0 Å². The summed E-state index contributed by atoms with van der Waals surface area (Å²) < 4.78 is 5.65. The Hall–Kier alpha value is -2.86. The predicted octanol–water partition coefficient (Wildman–Crippen LogP) is 3.29. The molecule has 1 aliphatic rings. The van der Waals surface area contributed by atoms with E-state index in [1.54, 1.807) is 12.1 Å². The van der Waals surface area contributed by atoms with Gasteiger partial charge in [0.15, 0.2) is 5.78 Å². The second kappa shape index (κ2) is 9.09. The van der Waals surface area contributed by atoms with Gasteiger partial charge in [-0.3, -0.25) is 14.5 Å². The number of nitrogens with one attached hydrogen (secondary N) is 1. The molecule has 0 spiro atoms. The lowest BCUT2D eigenvalue weighted by atomic mass is 10.2. The maximum absolute atomic E-state index is 12.5. The van der Waals surface area contributed by atoms with Crippen molar-refractivity contribution in [2.75, 3.05) is 44.0 Å². The smallest absolute Gasteiger partial charge is 0.255 e. The molecular formula is C23H29N3O3. The van der Waals surface area contributed by atoms with E-state index in [0.717, 1.165) is 11.4 Å². The molecule has 0 bridgehead atoms. The van der Waals surface area contributed by atoms with Crippen LogP contribution in [-0.4, -0.2) is 56.4 Å². The van der Waals surface area contributed by atoms with Gasteiger partial charge in [-0.1, -0.05) is 13.8 Å². The highest BCUT2D eigenvalue weighted by molar-refractivity contribution is 6.04. The molecule has 29 heavy (non-hydrogen) atoms. The summed E-state index contributed by atoms with van der Waals surface area (Å²) in [5.74, 6) is 1.27. The van der Waals surface area contributed by atoms with Crippen LogP contribution in [0, 0.1) is 5.92 Å². The van der Waals surface area contributed by atoms with Crippen molar-refractivity contribution in [1.29, 1.82) is 0 Å². The number of anilines is 2. The van der Waals surface area contributed by atoms with Gasteiger partial charge in [-0.2, -0.15) is 0 Å². The first-order valence-corrected chi connectivity index (χ1v) is 9.92. The Morgan fingerprint density at radius 1 is 1.14 bits per heavy atom.